The van der Waals surface area contributed by atoms with Gasteiger partial charge in [0, 0.05) is 0 Å². The molecule has 1 unspecified atom stereocenters. The van der Waals surface area contributed by atoms with Gasteiger partial charge in [-0.25, -0.2) is 0 Å². The van der Waals surface area contributed by atoms with Crippen LogP contribution in [0.1, 0.15) is 116 Å². The van der Waals surface area contributed by atoms with Gasteiger partial charge in [0.1, 0.15) is 0 Å². The van der Waals surface area contributed by atoms with E-state index >= 15 is 0 Å². The molecule has 0 aromatic rings. The molecular formula is C22H43NNa4O6S+4. The van der Waals surface area contributed by atoms with Crippen LogP contribution in [0.4, 0.5) is 0 Å². The molecule has 34 heavy (non-hydrogen) atoms. The number of ether oxygens (including phenoxy) is 1. The van der Waals surface area contributed by atoms with E-state index in [1.54, 1.807) is 0 Å². The number of esters is 1. The number of amides is 1. The number of hydrogen-bond donors (Lipinski definition) is 2. The maximum absolute atomic E-state index is 11.7. The van der Waals surface area contributed by atoms with Gasteiger partial charge in [-0.3, -0.25) is 14.1 Å². The van der Waals surface area contributed by atoms with Crippen LogP contribution in [0.25, 0.3) is 0 Å². The maximum Gasteiger partial charge on any atom is 1.00 e. The van der Waals surface area contributed by atoms with Crippen LogP contribution in [0.15, 0.2) is 0 Å². The van der Waals surface area contributed by atoms with Gasteiger partial charge in [0.2, 0.25) is 5.91 Å². The molecule has 0 aliphatic heterocycles. The molecule has 0 spiro atoms. The van der Waals surface area contributed by atoms with Crippen LogP contribution in [0.2, 0.25) is 0 Å². The Morgan fingerprint density at radius 3 is 1.32 bits per heavy atom. The van der Waals surface area contributed by atoms with Gasteiger partial charge >= 0.3 is 124 Å². The number of rotatable bonds is 21. The van der Waals surface area contributed by atoms with Gasteiger partial charge in [-0.2, -0.15) is 8.42 Å². The monoisotopic (exact) mass is 541 g/mol. The average Bonchev–Trinajstić information content (AvgIpc) is 2.67. The summed E-state index contributed by atoms with van der Waals surface area (Å²) in [5, 5.41) is -1.93. The van der Waals surface area contributed by atoms with Crippen LogP contribution < -0.4 is 124 Å². The first kappa shape index (κ1) is 46.7. The standard InChI is InChI=1S/C22H43NO6S.4Na/c1-2-3-4-5-6-7-8-9-10-11-12-13-14-15-16-17-18-29-22(25)20(19-21(23)24)30(26,27)28;;;;/h20H,2-19H2,1H3,(H2,23,24)(H,26,27,28);;;;/q;4*+1. The second kappa shape index (κ2) is 32.1. The molecule has 0 aromatic carbocycles. The van der Waals surface area contributed by atoms with Crippen molar-refractivity contribution in [2.45, 2.75) is 121 Å². The first-order valence-corrected chi connectivity index (χ1v) is 13.2. The van der Waals surface area contributed by atoms with Gasteiger partial charge in [0.15, 0.2) is 5.25 Å². The maximum atomic E-state index is 11.7. The number of carbonyl (C=O) groups excluding carboxylic acids is 2. The summed E-state index contributed by atoms with van der Waals surface area (Å²) >= 11 is 0. The zero-order chi connectivity index (χ0) is 22.7. The third-order valence-electron chi connectivity index (χ3n) is 5.25. The molecule has 0 aromatic heterocycles. The van der Waals surface area contributed by atoms with Gasteiger partial charge in [-0.15, -0.1) is 0 Å². The van der Waals surface area contributed by atoms with E-state index in [1.807, 2.05) is 0 Å². The number of hydrogen-bond acceptors (Lipinski definition) is 5. The molecule has 1 amide bonds. The van der Waals surface area contributed by atoms with Crippen molar-refractivity contribution in [3.8, 4) is 0 Å². The normalized spacial score (nSPS) is 11.1. The molecule has 0 bridgehead atoms. The minimum absolute atomic E-state index is 0. The molecule has 12 heteroatoms. The number of carbonyl (C=O) groups is 2. The van der Waals surface area contributed by atoms with E-state index in [1.165, 1.54) is 77.0 Å². The van der Waals surface area contributed by atoms with Crippen molar-refractivity contribution >= 4 is 22.0 Å². The molecule has 0 saturated carbocycles. The van der Waals surface area contributed by atoms with Crippen molar-refractivity contribution in [2.24, 2.45) is 5.73 Å². The molecule has 0 radical (unpaired) electrons. The predicted molar refractivity (Wildman–Crippen MR) is 120 cm³/mol. The van der Waals surface area contributed by atoms with Crippen molar-refractivity contribution in [3.63, 3.8) is 0 Å². The first-order valence-electron chi connectivity index (χ1n) is 11.7. The Hall–Kier alpha value is 2.85. The minimum Gasteiger partial charge on any atom is -0.465 e. The fourth-order valence-corrected chi connectivity index (χ4v) is 4.09. The zero-order valence-corrected chi connectivity index (χ0v) is 31.6. The van der Waals surface area contributed by atoms with E-state index < -0.39 is 33.7 Å². The third kappa shape index (κ3) is 31.1. The Morgan fingerprint density at radius 1 is 0.706 bits per heavy atom. The van der Waals surface area contributed by atoms with Crippen molar-refractivity contribution in [1.82, 2.24) is 0 Å². The van der Waals surface area contributed by atoms with Gasteiger partial charge < -0.3 is 10.5 Å². The fourth-order valence-electron chi connectivity index (χ4n) is 3.41. The first-order chi connectivity index (χ1) is 14.3. The summed E-state index contributed by atoms with van der Waals surface area (Å²) in [4.78, 5) is 22.5. The van der Waals surface area contributed by atoms with E-state index in [-0.39, 0.29) is 125 Å². The van der Waals surface area contributed by atoms with Crippen LogP contribution >= 0.6 is 0 Å². The molecule has 1 atom stereocenters. The minimum atomic E-state index is -4.71. The summed E-state index contributed by atoms with van der Waals surface area (Å²) in [5.41, 5.74) is 4.90. The smallest absolute Gasteiger partial charge is 0.465 e. The summed E-state index contributed by atoms with van der Waals surface area (Å²) in [6.45, 7) is 2.32. The molecule has 0 rings (SSSR count). The molecule has 0 fully saturated rings. The van der Waals surface area contributed by atoms with Crippen molar-refractivity contribution in [1.29, 1.82) is 0 Å². The topological polar surface area (TPSA) is 124 Å². The molecule has 7 nitrogen and oxygen atoms in total. The summed E-state index contributed by atoms with van der Waals surface area (Å²) in [7, 11) is -4.71. The molecule has 0 aliphatic carbocycles. The second-order valence-electron chi connectivity index (χ2n) is 8.14. The van der Waals surface area contributed by atoms with Gasteiger partial charge in [-0.05, 0) is 6.42 Å². The van der Waals surface area contributed by atoms with Crippen LogP contribution in [-0.4, -0.2) is 36.7 Å². The SMILES string of the molecule is CCCCCCCCCCCCCCCCCCOC(=O)C(CC(N)=O)S(=O)(=O)O.[Na+].[Na+].[Na+].[Na+]. The van der Waals surface area contributed by atoms with Crippen molar-refractivity contribution in [2.75, 3.05) is 6.61 Å². The molecule has 3 N–H and O–H groups in total. The van der Waals surface area contributed by atoms with E-state index in [2.05, 4.69) is 6.92 Å². The Labute approximate surface area is 296 Å². The summed E-state index contributed by atoms with van der Waals surface area (Å²) < 4.78 is 36.1. The van der Waals surface area contributed by atoms with Gasteiger partial charge in [-0.1, -0.05) is 103 Å². The number of primary amides is 1. The fraction of sp³-hybridized carbons (Fsp3) is 0.909. The summed E-state index contributed by atoms with van der Waals surface area (Å²) in [6.07, 6.45) is 18.9. The average molecular weight is 542 g/mol. The molecular weight excluding hydrogens is 498 g/mol. The van der Waals surface area contributed by atoms with E-state index in [4.69, 9.17) is 15.0 Å². The molecule has 178 valence electrons. The van der Waals surface area contributed by atoms with Crippen LogP contribution in [0, 0.1) is 0 Å². The quantitative estimate of drug-likeness (QED) is 0.0645. The number of unbranched alkanes of at least 4 members (excludes halogenated alkanes) is 15. The predicted octanol–water partition coefficient (Wildman–Crippen LogP) is -7.06. The molecule has 0 heterocycles. The Morgan fingerprint density at radius 2 is 1.03 bits per heavy atom. The Bertz CT molecular complexity index is 568. The molecule has 0 aliphatic rings. The Balaban J connectivity index is -0.000000701. The van der Waals surface area contributed by atoms with E-state index in [0.29, 0.717) is 6.42 Å². The second-order valence-corrected chi connectivity index (χ2v) is 9.74. The number of nitrogens with two attached hydrogens (primary N) is 1. The van der Waals surface area contributed by atoms with Crippen LogP contribution in [0.5, 0.6) is 0 Å². The van der Waals surface area contributed by atoms with E-state index in [0.717, 1.165) is 19.3 Å². The third-order valence-corrected chi connectivity index (χ3v) is 6.33. The van der Waals surface area contributed by atoms with Crippen LogP contribution in [-0.2, 0) is 24.4 Å². The van der Waals surface area contributed by atoms with Crippen molar-refractivity contribution in [3.05, 3.63) is 0 Å². The van der Waals surface area contributed by atoms with E-state index in [9.17, 15) is 18.0 Å². The molecule has 0 saturated heterocycles. The summed E-state index contributed by atoms with van der Waals surface area (Å²) in [6, 6.07) is 0. The van der Waals surface area contributed by atoms with Crippen molar-refractivity contribution < 1.29 is 146 Å². The van der Waals surface area contributed by atoms with Crippen LogP contribution in [0.3, 0.4) is 0 Å². The Kier molecular flexibility index (Phi) is 44.0. The zero-order valence-electron chi connectivity index (χ0n) is 22.8. The van der Waals surface area contributed by atoms with Gasteiger partial charge in [0.25, 0.3) is 10.1 Å². The summed E-state index contributed by atoms with van der Waals surface area (Å²) in [5.74, 6) is -2.12. The van der Waals surface area contributed by atoms with Gasteiger partial charge in [0.05, 0.1) is 13.0 Å². The largest absolute Gasteiger partial charge is 1.00 e.